The minimum atomic E-state index is -0.253. The van der Waals surface area contributed by atoms with E-state index in [0.29, 0.717) is 6.61 Å². The van der Waals surface area contributed by atoms with Gasteiger partial charge in [-0.25, -0.2) is 0 Å². The number of benzene rings is 2. The maximum absolute atomic E-state index is 12.9. The first-order valence-electron chi connectivity index (χ1n) is 11.0. The van der Waals surface area contributed by atoms with Crippen molar-refractivity contribution in [3.63, 3.8) is 0 Å². The predicted molar refractivity (Wildman–Crippen MR) is 129 cm³/mol. The van der Waals surface area contributed by atoms with Gasteiger partial charge < -0.3 is 10.1 Å². The molecule has 2 heterocycles. The third-order valence-electron chi connectivity index (χ3n) is 5.53. The first-order valence-corrected chi connectivity index (χ1v) is 11.0. The van der Waals surface area contributed by atoms with E-state index in [0.717, 1.165) is 33.7 Å². The fourth-order valence-electron chi connectivity index (χ4n) is 3.60. The molecule has 5 heteroatoms. The van der Waals surface area contributed by atoms with Crippen molar-refractivity contribution in [3.05, 3.63) is 125 Å². The van der Waals surface area contributed by atoms with Gasteiger partial charge in [0.05, 0.1) is 12.5 Å². The molecule has 4 rings (SSSR count). The molecule has 0 fully saturated rings. The number of carbonyl (C=O) groups is 1. The second kappa shape index (κ2) is 10.6. The summed E-state index contributed by atoms with van der Waals surface area (Å²) in [6.07, 6.45) is 5.58. The lowest BCUT2D eigenvalue weighted by Crippen LogP contribution is -2.30. The maximum atomic E-state index is 12.9. The molecule has 0 saturated heterocycles. The van der Waals surface area contributed by atoms with Gasteiger partial charge in [0.25, 0.3) is 0 Å². The highest BCUT2D eigenvalue weighted by atomic mass is 16.5. The molecule has 166 valence electrons. The number of pyridine rings is 2. The summed E-state index contributed by atoms with van der Waals surface area (Å²) in [4.78, 5) is 21.4. The van der Waals surface area contributed by atoms with Crippen LogP contribution in [0.15, 0.2) is 91.4 Å². The standard InChI is InChI=1S/C28H27N3O2/c1-20-7-11-23(12-8-20)28(24-5-3-15-29-18-24)31-27(32)17-22-9-13-26(14-10-22)33-19-25-6-4-16-30-21(25)2/h3-16,18,28H,17,19H2,1-2H3,(H,31,32). The lowest BCUT2D eigenvalue weighted by Gasteiger charge is -2.20. The van der Waals surface area contributed by atoms with Gasteiger partial charge in [0.15, 0.2) is 0 Å². The van der Waals surface area contributed by atoms with E-state index in [9.17, 15) is 4.79 Å². The van der Waals surface area contributed by atoms with Crippen LogP contribution in [0.4, 0.5) is 0 Å². The van der Waals surface area contributed by atoms with Crippen molar-refractivity contribution in [1.82, 2.24) is 15.3 Å². The Kier molecular flexibility index (Phi) is 7.10. The van der Waals surface area contributed by atoms with Gasteiger partial charge in [0.2, 0.25) is 5.91 Å². The van der Waals surface area contributed by atoms with E-state index in [1.54, 1.807) is 18.6 Å². The summed E-state index contributed by atoms with van der Waals surface area (Å²) in [6.45, 7) is 4.48. The molecular weight excluding hydrogens is 410 g/mol. The summed E-state index contributed by atoms with van der Waals surface area (Å²) in [5, 5.41) is 3.17. The van der Waals surface area contributed by atoms with Crippen molar-refractivity contribution < 1.29 is 9.53 Å². The molecule has 0 radical (unpaired) electrons. The predicted octanol–water partition coefficient (Wildman–Crippen LogP) is 5.12. The number of carbonyl (C=O) groups excluding carboxylic acids is 1. The number of aryl methyl sites for hydroxylation is 2. The summed E-state index contributed by atoms with van der Waals surface area (Å²) in [7, 11) is 0. The van der Waals surface area contributed by atoms with Crippen LogP contribution >= 0.6 is 0 Å². The highest BCUT2D eigenvalue weighted by Crippen LogP contribution is 2.22. The number of hydrogen-bond acceptors (Lipinski definition) is 4. The van der Waals surface area contributed by atoms with Crippen molar-refractivity contribution in [3.8, 4) is 5.75 Å². The lowest BCUT2D eigenvalue weighted by molar-refractivity contribution is -0.120. The van der Waals surface area contributed by atoms with Gasteiger partial charge in [-0.05, 0) is 54.8 Å². The Morgan fingerprint density at radius 1 is 0.909 bits per heavy atom. The first kappa shape index (κ1) is 22.2. The largest absolute Gasteiger partial charge is 0.489 e. The van der Waals surface area contributed by atoms with Gasteiger partial charge in [-0.15, -0.1) is 0 Å². The highest BCUT2D eigenvalue weighted by Gasteiger charge is 2.17. The van der Waals surface area contributed by atoms with Crippen molar-refractivity contribution in [2.45, 2.75) is 32.9 Å². The number of amides is 1. The molecule has 33 heavy (non-hydrogen) atoms. The second-order valence-corrected chi connectivity index (χ2v) is 8.05. The molecule has 0 spiro atoms. The van der Waals surface area contributed by atoms with Crippen LogP contribution in [0.1, 0.15) is 39.6 Å². The van der Waals surface area contributed by atoms with Crippen LogP contribution in [-0.4, -0.2) is 15.9 Å². The molecule has 1 amide bonds. The van der Waals surface area contributed by atoms with E-state index in [2.05, 4.69) is 27.4 Å². The molecule has 2 aromatic heterocycles. The fourth-order valence-corrected chi connectivity index (χ4v) is 3.60. The van der Waals surface area contributed by atoms with Gasteiger partial charge in [0.1, 0.15) is 12.4 Å². The first-order chi connectivity index (χ1) is 16.1. The average molecular weight is 438 g/mol. The Hall–Kier alpha value is -3.99. The third kappa shape index (κ3) is 6.04. The molecule has 0 aliphatic heterocycles. The molecule has 5 nitrogen and oxygen atoms in total. The zero-order valence-electron chi connectivity index (χ0n) is 18.9. The van der Waals surface area contributed by atoms with Gasteiger partial charge in [-0.3, -0.25) is 14.8 Å². The number of hydrogen-bond donors (Lipinski definition) is 1. The molecule has 2 aromatic carbocycles. The highest BCUT2D eigenvalue weighted by molar-refractivity contribution is 5.79. The minimum absolute atomic E-state index is 0.0518. The summed E-state index contributed by atoms with van der Waals surface area (Å²) < 4.78 is 5.88. The Balaban J connectivity index is 1.40. The van der Waals surface area contributed by atoms with Crippen LogP contribution in [0.5, 0.6) is 5.75 Å². The number of aromatic nitrogens is 2. The normalized spacial score (nSPS) is 11.6. The van der Waals surface area contributed by atoms with E-state index >= 15 is 0 Å². The maximum Gasteiger partial charge on any atom is 0.225 e. The van der Waals surface area contributed by atoms with Crippen LogP contribution < -0.4 is 10.1 Å². The van der Waals surface area contributed by atoms with Gasteiger partial charge in [-0.2, -0.15) is 0 Å². The smallest absolute Gasteiger partial charge is 0.225 e. The number of ether oxygens (including phenoxy) is 1. The molecule has 0 aliphatic carbocycles. The van der Waals surface area contributed by atoms with Gasteiger partial charge in [0, 0.05) is 29.8 Å². The van der Waals surface area contributed by atoms with Crippen LogP contribution in [0.2, 0.25) is 0 Å². The van der Waals surface area contributed by atoms with Gasteiger partial charge in [-0.1, -0.05) is 54.1 Å². The molecule has 0 saturated carbocycles. The molecular formula is C28H27N3O2. The summed E-state index contributed by atoms with van der Waals surface area (Å²) in [5.41, 5.74) is 6.09. The zero-order valence-corrected chi connectivity index (χ0v) is 18.9. The zero-order chi connectivity index (χ0) is 23.0. The molecule has 4 aromatic rings. The number of nitrogens with zero attached hydrogens (tertiary/aromatic N) is 2. The third-order valence-corrected chi connectivity index (χ3v) is 5.53. The van der Waals surface area contributed by atoms with E-state index in [1.807, 2.05) is 74.5 Å². The summed E-state index contributed by atoms with van der Waals surface area (Å²) in [6, 6.07) is 23.4. The second-order valence-electron chi connectivity index (χ2n) is 8.05. The van der Waals surface area contributed by atoms with Gasteiger partial charge >= 0.3 is 0 Å². The van der Waals surface area contributed by atoms with E-state index in [-0.39, 0.29) is 18.4 Å². The fraction of sp³-hybridized carbons (Fsp3) is 0.179. The summed E-state index contributed by atoms with van der Waals surface area (Å²) >= 11 is 0. The quantitative estimate of drug-likeness (QED) is 0.416. The number of nitrogens with one attached hydrogen (secondary N) is 1. The topological polar surface area (TPSA) is 64.1 Å². The molecule has 1 unspecified atom stereocenters. The van der Waals surface area contributed by atoms with Crippen LogP contribution in [0.3, 0.4) is 0 Å². The Morgan fingerprint density at radius 3 is 2.36 bits per heavy atom. The van der Waals surface area contributed by atoms with Crippen molar-refractivity contribution in [1.29, 1.82) is 0 Å². The Labute approximate surface area is 194 Å². The number of rotatable bonds is 8. The molecule has 0 aliphatic rings. The van der Waals surface area contributed by atoms with E-state index < -0.39 is 0 Å². The van der Waals surface area contributed by atoms with Crippen LogP contribution in [0, 0.1) is 13.8 Å². The Bertz CT molecular complexity index is 1190. The minimum Gasteiger partial charge on any atom is -0.489 e. The summed E-state index contributed by atoms with van der Waals surface area (Å²) in [5.74, 6) is 0.708. The molecule has 1 atom stereocenters. The van der Waals surface area contributed by atoms with Crippen molar-refractivity contribution in [2.24, 2.45) is 0 Å². The Morgan fingerprint density at radius 2 is 1.67 bits per heavy atom. The van der Waals surface area contributed by atoms with Crippen LogP contribution in [-0.2, 0) is 17.8 Å². The SMILES string of the molecule is Cc1ccc(C(NC(=O)Cc2ccc(OCc3cccnc3C)cc2)c2cccnc2)cc1. The lowest BCUT2D eigenvalue weighted by atomic mass is 9.98. The van der Waals surface area contributed by atoms with E-state index in [4.69, 9.17) is 4.74 Å². The van der Waals surface area contributed by atoms with Crippen LogP contribution in [0.25, 0.3) is 0 Å². The van der Waals surface area contributed by atoms with Crippen molar-refractivity contribution in [2.75, 3.05) is 0 Å². The van der Waals surface area contributed by atoms with Crippen molar-refractivity contribution >= 4 is 5.91 Å². The monoisotopic (exact) mass is 437 g/mol. The average Bonchev–Trinajstić information content (AvgIpc) is 2.84. The van der Waals surface area contributed by atoms with E-state index in [1.165, 1.54) is 5.56 Å². The molecule has 0 bridgehead atoms. The molecule has 1 N–H and O–H groups in total.